The molecule has 0 aliphatic carbocycles. The molecule has 1 unspecified atom stereocenters. The van der Waals surface area contributed by atoms with Gasteiger partial charge in [-0.2, -0.15) is 5.10 Å². The molecule has 0 fully saturated rings. The van der Waals surface area contributed by atoms with Gasteiger partial charge in [-0.1, -0.05) is 31.5 Å². The molecule has 2 aromatic heterocycles. The Balaban J connectivity index is 2.28. The van der Waals surface area contributed by atoms with Crippen LogP contribution in [0.4, 0.5) is 0 Å². The van der Waals surface area contributed by atoms with Crippen molar-refractivity contribution in [1.82, 2.24) is 14.8 Å². The summed E-state index contributed by atoms with van der Waals surface area (Å²) >= 11 is 6.38. The zero-order chi connectivity index (χ0) is 14.7. The number of halogens is 1. The van der Waals surface area contributed by atoms with E-state index in [0.29, 0.717) is 6.42 Å². The number of rotatable bonds is 5. The molecule has 0 aliphatic heterocycles. The molecule has 0 aliphatic rings. The Bertz CT molecular complexity index is 592. The molecule has 0 saturated carbocycles. The van der Waals surface area contributed by atoms with E-state index in [9.17, 15) is 0 Å². The van der Waals surface area contributed by atoms with Crippen molar-refractivity contribution in [3.63, 3.8) is 0 Å². The van der Waals surface area contributed by atoms with Crippen LogP contribution in [0.15, 0.2) is 18.3 Å². The zero-order valence-electron chi connectivity index (χ0n) is 12.2. The van der Waals surface area contributed by atoms with Crippen molar-refractivity contribution in [2.24, 2.45) is 12.8 Å². The number of aromatic nitrogens is 3. The van der Waals surface area contributed by atoms with Gasteiger partial charge in [-0.05, 0) is 24.5 Å². The molecule has 0 amide bonds. The van der Waals surface area contributed by atoms with Gasteiger partial charge in [-0.3, -0.25) is 9.67 Å². The third kappa shape index (κ3) is 2.86. The van der Waals surface area contributed by atoms with Crippen LogP contribution in [-0.2, 0) is 26.3 Å². The minimum absolute atomic E-state index is 0.163. The fourth-order valence-electron chi connectivity index (χ4n) is 2.43. The Morgan fingerprint density at radius 3 is 2.70 bits per heavy atom. The van der Waals surface area contributed by atoms with E-state index in [4.69, 9.17) is 17.3 Å². The predicted molar refractivity (Wildman–Crippen MR) is 81.8 cm³/mol. The molecule has 20 heavy (non-hydrogen) atoms. The fraction of sp³-hybridized carbons (Fsp3) is 0.467. The Morgan fingerprint density at radius 1 is 1.35 bits per heavy atom. The summed E-state index contributed by atoms with van der Waals surface area (Å²) in [5.74, 6) is 0. The van der Waals surface area contributed by atoms with Gasteiger partial charge in [-0.25, -0.2) is 0 Å². The van der Waals surface area contributed by atoms with Crippen molar-refractivity contribution in [2.45, 2.75) is 39.2 Å². The number of hydrogen-bond acceptors (Lipinski definition) is 3. The highest BCUT2D eigenvalue weighted by Crippen LogP contribution is 2.25. The van der Waals surface area contributed by atoms with Crippen LogP contribution in [0.3, 0.4) is 0 Å². The third-order valence-corrected chi connectivity index (χ3v) is 4.01. The van der Waals surface area contributed by atoms with E-state index in [1.54, 1.807) is 6.20 Å². The van der Waals surface area contributed by atoms with E-state index in [1.165, 1.54) is 5.56 Å². The van der Waals surface area contributed by atoms with Gasteiger partial charge in [0.05, 0.1) is 28.1 Å². The summed E-state index contributed by atoms with van der Waals surface area (Å²) in [5, 5.41) is 5.16. The predicted octanol–water partition coefficient (Wildman–Crippen LogP) is 2.84. The van der Waals surface area contributed by atoms with Crippen LogP contribution >= 0.6 is 11.6 Å². The lowest BCUT2D eigenvalue weighted by Gasteiger charge is -2.15. The van der Waals surface area contributed by atoms with Gasteiger partial charge in [0, 0.05) is 19.7 Å². The first-order valence-corrected chi connectivity index (χ1v) is 7.35. The first-order chi connectivity index (χ1) is 9.58. The Labute approximate surface area is 125 Å². The largest absolute Gasteiger partial charge is 0.322 e. The molecule has 2 rings (SSSR count). The maximum absolute atomic E-state index is 6.38. The molecule has 0 aromatic carbocycles. The van der Waals surface area contributed by atoms with E-state index < -0.39 is 0 Å². The number of nitrogens with zero attached hydrogens (tertiary/aromatic N) is 3. The molecule has 0 radical (unpaired) electrons. The van der Waals surface area contributed by atoms with Crippen molar-refractivity contribution in [1.29, 1.82) is 0 Å². The van der Waals surface area contributed by atoms with Gasteiger partial charge in [-0.15, -0.1) is 0 Å². The lowest BCUT2D eigenvalue weighted by atomic mass is 10.0. The number of pyridine rings is 1. The van der Waals surface area contributed by atoms with E-state index >= 15 is 0 Å². The second-order valence-corrected chi connectivity index (χ2v) is 5.27. The lowest BCUT2D eigenvalue weighted by Crippen LogP contribution is -2.18. The summed E-state index contributed by atoms with van der Waals surface area (Å²) in [7, 11) is 1.91. The fourth-order valence-corrected chi connectivity index (χ4v) is 2.80. The smallest absolute Gasteiger partial charge is 0.0850 e. The molecule has 2 N–H and O–H groups in total. The molecule has 108 valence electrons. The van der Waals surface area contributed by atoms with Crippen LogP contribution < -0.4 is 5.73 Å². The standard InChI is InChI=1S/C15H21ClN4/c1-4-10-7-6-8-18-15(10)11(17)9-13-14(16)12(5-2)19-20(13)3/h6-8,11H,4-5,9,17H2,1-3H3. The van der Waals surface area contributed by atoms with Gasteiger partial charge >= 0.3 is 0 Å². The quantitative estimate of drug-likeness (QED) is 0.922. The SMILES string of the molecule is CCc1cccnc1C(N)Cc1c(Cl)c(CC)nn1C. The molecular formula is C15H21ClN4. The highest BCUT2D eigenvalue weighted by atomic mass is 35.5. The van der Waals surface area contributed by atoms with E-state index in [1.807, 2.05) is 24.7 Å². The molecule has 0 bridgehead atoms. The Hall–Kier alpha value is -1.39. The summed E-state index contributed by atoms with van der Waals surface area (Å²) in [6, 6.07) is 3.86. The highest BCUT2D eigenvalue weighted by molar-refractivity contribution is 6.31. The summed E-state index contributed by atoms with van der Waals surface area (Å²) < 4.78 is 1.83. The Kier molecular flexibility index (Phi) is 4.78. The van der Waals surface area contributed by atoms with Crippen LogP contribution in [0.25, 0.3) is 0 Å². The summed E-state index contributed by atoms with van der Waals surface area (Å²) in [5.41, 5.74) is 10.4. The summed E-state index contributed by atoms with van der Waals surface area (Å²) in [4.78, 5) is 4.43. The zero-order valence-corrected chi connectivity index (χ0v) is 13.0. The van der Waals surface area contributed by atoms with Crippen molar-refractivity contribution in [3.8, 4) is 0 Å². The van der Waals surface area contributed by atoms with E-state index in [0.717, 1.165) is 34.9 Å². The first kappa shape index (κ1) is 15.0. The van der Waals surface area contributed by atoms with Gasteiger partial charge in [0.15, 0.2) is 0 Å². The second-order valence-electron chi connectivity index (χ2n) is 4.90. The molecule has 2 aromatic rings. The second kappa shape index (κ2) is 6.37. The summed E-state index contributed by atoms with van der Waals surface area (Å²) in [6.45, 7) is 4.16. The average Bonchev–Trinajstić information content (AvgIpc) is 2.74. The average molecular weight is 293 g/mol. The molecule has 4 nitrogen and oxygen atoms in total. The molecule has 0 spiro atoms. The topological polar surface area (TPSA) is 56.7 Å². The minimum atomic E-state index is -0.163. The number of aryl methyl sites for hydroxylation is 3. The van der Waals surface area contributed by atoms with Gasteiger partial charge in [0.25, 0.3) is 0 Å². The molecule has 5 heteroatoms. The third-order valence-electron chi connectivity index (χ3n) is 3.57. The number of nitrogens with two attached hydrogens (primary N) is 1. The van der Waals surface area contributed by atoms with Gasteiger partial charge < -0.3 is 5.73 Å². The van der Waals surface area contributed by atoms with Crippen LogP contribution in [0.2, 0.25) is 5.02 Å². The molecular weight excluding hydrogens is 272 g/mol. The van der Waals surface area contributed by atoms with Crippen LogP contribution in [0.5, 0.6) is 0 Å². The highest BCUT2D eigenvalue weighted by Gasteiger charge is 2.19. The molecule has 1 atom stereocenters. The van der Waals surface area contributed by atoms with E-state index in [2.05, 4.69) is 23.1 Å². The normalized spacial score (nSPS) is 12.7. The Morgan fingerprint density at radius 2 is 2.10 bits per heavy atom. The van der Waals surface area contributed by atoms with E-state index in [-0.39, 0.29) is 6.04 Å². The van der Waals surface area contributed by atoms with Crippen molar-refractivity contribution >= 4 is 11.6 Å². The maximum atomic E-state index is 6.38. The van der Waals surface area contributed by atoms with Crippen LogP contribution in [-0.4, -0.2) is 14.8 Å². The van der Waals surface area contributed by atoms with Crippen LogP contribution in [0.1, 0.15) is 42.5 Å². The molecule has 2 heterocycles. The monoisotopic (exact) mass is 292 g/mol. The van der Waals surface area contributed by atoms with Crippen LogP contribution in [0, 0.1) is 0 Å². The van der Waals surface area contributed by atoms with Gasteiger partial charge in [0.2, 0.25) is 0 Å². The number of hydrogen-bond donors (Lipinski definition) is 1. The lowest BCUT2D eigenvalue weighted by molar-refractivity contribution is 0.623. The summed E-state index contributed by atoms with van der Waals surface area (Å²) in [6.07, 6.45) is 4.19. The molecule has 0 saturated heterocycles. The first-order valence-electron chi connectivity index (χ1n) is 6.98. The van der Waals surface area contributed by atoms with Crippen molar-refractivity contribution in [3.05, 3.63) is 46.0 Å². The van der Waals surface area contributed by atoms with Crippen molar-refractivity contribution < 1.29 is 0 Å². The van der Waals surface area contributed by atoms with Crippen molar-refractivity contribution in [2.75, 3.05) is 0 Å². The maximum Gasteiger partial charge on any atom is 0.0850 e. The minimum Gasteiger partial charge on any atom is -0.322 e. The van der Waals surface area contributed by atoms with Gasteiger partial charge in [0.1, 0.15) is 0 Å².